The summed E-state index contributed by atoms with van der Waals surface area (Å²) in [6, 6.07) is 2.98. The molecule has 2 aromatic rings. The third-order valence-corrected chi connectivity index (χ3v) is 5.22. The molecular formula is C15H18N2O4S2. The molecular weight excluding hydrogens is 336 g/mol. The van der Waals surface area contributed by atoms with Crippen molar-refractivity contribution in [2.45, 2.75) is 26.5 Å². The number of thiophene rings is 1. The first kappa shape index (κ1) is 17.6. The highest BCUT2D eigenvalue weighted by atomic mass is 32.1. The molecule has 0 fully saturated rings. The van der Waals surface area contributed by atoms with Crippen molar-refractivity contribution in [2.75, 3.05) is 13.7 Å². The summed E-state index contributed by atoms with van der Waals surface area (Å²) < 4.78 is 5.50. The Morgan fingerprint density at radius 3 is 2.70 bits per heavy atom. The van der Waals surface area contributed by atoms with Crippen LogP contribution in [-0.4, -0.2) is 40.5 Å². The molecule has 0 aromatic carbocycles. The molecule has 2 heterocycles. The summed E-state index contributed by atoms with van der Waals surface area (Å²) in [5, 5.41) is 11.7. The lowest BCUT2D eigenvalue weighted by Gasteiger charge is -2.14. The molecule has 1 unspecified atom stereocenters. The lowest BCUT2D eigenvalue weighted by Crippen LogP contribution is -2.25. The van der Waals surface area contributed by atoms with Gasteiger partial charge in [-0.15, -0.1) is 22.7 Å². The van der Waals surface area contributed by atoms with E-state index in [9.17, 15) is 9.59 Å². The van der Waals surface area contributed by atoms with Crippen molar-refractivity contribution in [1.82, 2.24) is 9.88 Å². The number of hydrogen-bond acceptors (Lipinski definition) is 6. The number of aromatic carboxylic acids is 1. The minimum absolute atomic E-state index is 0.0600. The van der Waals surface area contributed by atoms with Crippen LogP contribution in [0.15, 0.2) is 17.5 Å². The topological polar surface area (TPSA) is 79.7 Å². The Morgan fingerprint density at radius 1 is 1.39 bits per heavy atom. The Labute approximate surface area is 142 Å². The molecule has 2 rings (SSSR count). The van der Waals surface area contributed by atoms with E-state index in [-0.39, 0.29) is 16.9 Å². The van der Waals surface area contributed by atoms with Crippen LogP contribution in [0.2, 0.25) is 0 Å². The highest BCUT2D eigenvalue weighted by Crippen LogP contribution is 2.23. The van der Waals surface area contributed by atoms with E-state index in [0.717, 1.165) is 22.0 Å². The summed E-state index contributed by atoms with van der Waals surface area (Å²) >= 11 is 2.48. The van der Waals surface area contributed by atoms with Crippen LogP contribution in [0.25, 0.3) is 0 Å². The van der Waals surface area contributed by atoms with Gasteiger partial charge in [0.2, 0.25) is 0 Å². The predicted molar refractivity (Wildman–Crippen MR) is 89.2 cm³/mol. The second-order valence-electron chi connectivity index (χ2n) is 4.90. The molecule has 124 valence electrons. The van der Waals surface area contributed by atoms with E-state index in [1.165, 1.54) is 28.4 Å². The maximum Gasteiger partial charge on any atom is 0.345 e. The zero-order chi connectivity index (χ0) is 17.0. The SMILES string of the molecule is CCOC(C)c1nc(CN(C)C(=O)c2ccc(C(=O)O)s2)cs1. The van der Waals surface area contributed by atoms with E-state index in [1.54, 1.807) is 7.05 Å². The van der Waals surface area contributed by atoms with Crippen molar-refractivity contribution in [3.63, 3.8) is 0 Å². The second-order valence-corrected chi connectivity index (χ2v) is 6.88. The van der Waals surface area contributed by atoms with Gasteiger partial charge in [0, 0.05) is 19.0 Å². The molecule has 2 aromatic heterocycles. The molecule has 1 amide bonds. The van der Waals surface area contributed by atoms with Crippen molar-refractivity contribution < 1.29 is 19.4 Å². The molecule has 0 aliphatic rings. The first-order chi connectivity index (χ1) is 10.9. The lowest BCUT2D eigenvalue weighted by molar-refractivity contribution is 0.0701. The number of amides is 1. The third-order valence-electron chi connectivity index (χ3n) is 3.11. The monoisotopic (exact) mass is 354 g/mol. The Hall–Kier alpha value is -1.77. The highest BCUT2D eigenvalue weighted by molar-refractivity contribution is 7.15. The minimum atomic E-state index is -1.02. The summed E-state index contributed by atoms with van der Waals surface area (Å²) in [6.45, 7) is 4.87. The molecule has 0 aliphatic carbocycles. The number of carbonyl (C=O) groups is 2. The first-order valence-electron chi connectivity index (χ1n) is 7.06. The molecule has 0 radical (unpaired) electrons. The molecule has 1 N–H and O–H groups in total. The molecule has 0 aliphatic heterocycles. The van der Waals surface area contributed by atoms with Crippen molar-refractivity contribution in [3.05, 3.63) is 38.0 Å². The fraction of sp³-hybridized carbons (Fsp3) is 0.400. The average molecular weight is 354 g/mol. The Kier molecular flexibility index (Phi) is 5.86. The number of ether oxygens (including phenoxy) is 1. The van der Waals surface area contributed by atoms with Gasteiger partial charge < -0.3 is 14.7 Å². The van der Waals surface area contributed by atoms with Gasteiger partial charge in [-0.25, -0.2) is 9.78 Å². The zero-order valence-corrected chi connectivity index (χ0v) is 14.7. The summed E-state index contributed by atoms with van der Waals surface area (Å²) in [4.78, 5) is 29.8. The van der Waals surface area contributed by atoms with Crippen LogP contribution in [0.1, 0.15) is 50.0 Å². The smallest absolute Gasteiger partial charge is 0.345 e. The van der Waals surface area contributed by atoms with Crippen LogP contribution in [0.5, 0.6) is 0 Å². The van der Waals surface area contributed by atoms with Crippen molar-refractivity contribution in [1.29, 1.82) is 0 Å². The number of carboxylic acids is 1. The number of carbonyl (C=O) groups excluding carboxylic acids is 1. The normalized spacial score (nSPS) is 12.1. The summed E-state index contributed by atoms with van der Waals surface area (Å²) in [5.41, 5.74) is 0.794. The van der Waals surface area contributed by atoms with E-state index >= 15 is 0 Å². The van der Waals surface area contributed by atoms with Crippen LogP contribution in [0, 0.1) is 0 Å². The number of hydrogen-bond donors (Lipinski definition) is 1. The Bertz CT molecular complexity index is 695. The van der Waals surface area contributed by atoms with Gasteiger partial charge >= 0.3 is 5.97 Å². The fourth-order valence-corrected chi connectivity index (χ4v) is 3.63. The quantitative estimate of drug-likeness (QED) is 0.825. The lowest BCUT2D eigenvalue weighted by atomic mass is 10.3. The molecule has 23 heavy (non-hydrogen) atoms. The predicted octanol–water partition coefficient (Wildman–Crippen LogP) is 3.27. The van der Waals surface area contributed by atoms with E-state index in [1.807, 2.05) is 19.2 Å². The van der Waals surface area contributed by atoms with Crippen molar-refractivity contribution >= 4 is 34.6 Å². The number of carboxylic acid groups (broad SMARTS) is 1. The number of rotatable bonds is 7. The summed E-state index contributed by atoms with van der Waals surface area (Å²) in [7, 11) is 1.67. The van der Waals surface area contributed by atoms with Crippen molar-refractivity contribution in [3.8, 4) is 0 Å². The largest absolute Gasteiger partial charge is 0.477 e. The fourth-order valence-electron chi connectivity index (χ4n) is 1.97. The van der Waals surface area contributed by atoms with Gasteiger partial charge in [-0.3, -0.25) is 4.79 Å². The Morgan fingerprint density at radius 2 is 2.09 bits per heavy atom. The van der Waals surface area contributed by atoms with Crippen LogP contribution < -0.4 is 0 Å². The van der Waals surface area contributed by atoms with Crippen LogP contribution in [0.4, 0.5) is 0 Å². The molecule has 0 bridgehead atoms. The summed E-state index contributed by atoms with van der Waals surface area (Å²) in [5.74, 6) is -1.24. The van der Waals surface area contributed by atoms with Gasteiger partial charge in [0.05, 0.1) is 17.1 Å². The van der Waals surface area contributed by atoms with E-state index in [0.29, 0.717) is 18.0 Å². The van der Waals surface area contributed by atoms with Gasteiger partial charge in [0.1, 0.15) is 16.0 Å². The van der Waals surface area contributed by atoms with Gasteiger partial charge in [0.25, 0.3) is 5.91 Å². The molecule has 0 saturated heterocycles. The van der Waals surface area contributed by atoms with E-state index in [4.69, 9.17) is 9.84 Å². The second kappa shape index (κ2) is 7.67. The maximum atomic E-state index is 12.3. The standard InChI is InChI=1S/C15H18N2O4S2/c1-4-21-9(2)13-16-10(8-22-13)7-17(3)14(18)11-5-6-12(23-11)15(19)20/h5-6,8-9H,4,7H2,1-3H3,(H,19,20). The van der Waals surface area contributed by atoms with E-state index in [2.05, 4.69) is 4.98 Å². The van der Waals surface area contributed by atoms with Gasteiger partial charge in [0.15, 0.2) is 0 Å². The molecule has 6 nitrogen and oxygen atoms in total. The van der Waals surface area contributed by atoms with Gasteiger partial charge in [-0.2, -0.15) is 0 Å². The maximum absolute atomic E-state index is 12.3. The molecule has 0 spiro atoms. The van der Waals surface area contributed by atoms with Gasteiger partial charge in [-0.05, 0) is 26.0 Å². The number of nitrogens with zero attached hydrogens (tertiary/aromatic N) is 2. The third kappa shape index (κ3) is 4.37. The van der Waals surface area contributed by atoms with Crippen LogP contribution in [0.3, 0.4) is 0 Å². The zero-order valence-electron chi connectivity index (χ0n) is 13.1. The number of thiazole rings is 1. The molecule has 8 heteroatoms. The summed E-state index contributed by atoms with van der Waals surface area (Å²) in [6.07, 6.45) is -0.0600. The molecule has 0 saturated carbocycles. The van der Waals surface area contributed by atoms with E-state index < -0.39 is 5.97 Å². The van der Waals surface area contributed by atoms with Crippen molar-refractivity contribution in [2.24, 2.45) is 0 Å². The highest BCUT2D eigenvalue weighted by Gasteiger charge is 2.18. The van der Waals surface area contributed by atoms with Crippen LogP contribution in [-0.2, 0) is 11.3 Å². The van der Waals surface area contributed by atoms with Gasteiger partial charge in [-0.1, -0.05) is 0 Å². The first-order valence-corrected chi connectivity index (χ1v) is 8.76. The number of aromatic nitrogens is 1. The Balaban J connectivity index is 2.01. The molecule has 1 atom stereocenters. The minimum Gasteiger partial charge on any atom is -0.477 e. The van der Waals surface area contributed by atoms with Crippen LogP contribution >= 0.6 is 22.7 Å². The average Bonchev–Trinajstić information content (AvgIpc) is 3.15.